The zero-order chi connectivity index (χ0) is 34.5. The van der Waals surface area contributed by atoms with Crippen molar-refractivity contribution in [2.24, 2.45) is 17.2 Å². The van der Waals surface area contributed by atoms with Crippen molar-refractivity contribution in [1.29, 1.82) is 0 Å². The van der Waals surface area contributed by atoms with Crippen molar-refractivity contribution in [2.45, 2.75) is 111 Å². The van der Waals surface area contributed by atoms with E-state index in [1.54, 1.807) is 7.05 Å². The maximum Gasteiger partial charge on any atom is 0.394 e. The maximum absolute atomic E-state index is 11.1. The molecule has 0 spiro atoms. The summed E-state index contributed by atoms with van der Waals surface area (Å²) in [6.45, 7) is 2.75. The molecule has 24 heteroatoms. The highest BCUT2D eigenvalue weighted by atomic mass is 32.3. The summed E-state index contributed by atoms with van der Waals surface area (Å²) in [4.78, 5) is 0. The van der Waals surface area contributed by atoms with Gasteiger partial charge in [0.15, 0.2) is 12.6 Å². The van der Waals surface area contributed by atoms with E-state index in [-0.39, 0.29) is 13.0 Å². The van der Waals surface area contributed by atoms with E-state index in [4.69, 9.17) is 71.2 Å². The molecule has 3 rings (SSSR count). The van der Waals surface area contributed by atoms with Gasteiger partial charge in [-0.1, -0.05) is 0 Å². The molecule has 1 saturated carbocycles. The smallest absolute Gasteiger partial charge is 0.391 e. The van der Waals surface area contributed by atoms with Crippen LogP contribution in [0.1, 0.15) is 20.3 Å². The van der Waals surface area contributed by atoms with Gasteiger partial charge in [0.1, 0.15) is 48.3 Å². The van der Waals surface area contributed by atoms with E-state index in [1.807, 2.05) is 0 Å². The fourth-order valence-electron chi connectivity index (χ4n) is 4.95. The molecule has 0 aromatic carbocycles. The highest BCUT2D eigenvalue weighted by Gasteiger charge is 2.52. The lowest BCUT2D eigenvalue weighted by atomic mass is 9.84. The highest BCUT2D eigenvalue weighted by Crippen LogP contribution is 2.32. The van der Waals surface area contributed by atoms with E-state index in [2.05, 4.69) is 5.32 Å². The van der Waals surface area contributed by atoms with Crippen molar-refractivity contribution in [3.63, 3.8) is 0 Å². The second-order valence-corrected chi connectivity index (χ2v) is 12.5. The lowest BCUT2D eigenvalue weighted by Crippen LogP contribution is -2.69. The van der Waals surface area contributed by atoms with Gasteiger partial charge < -0.3 is 72.1 Å². The average molecular weight is 693 g/mol. The Hall–Kier alpha value is -0.820. The number of hydrogen-bond donors (Lipinski definition) is 14. The summed E-state index contributed by atoms with van der Waals surface area (Å²) in [6.07, 6.45) is -12.4. The van der Waals surface area contributed by atoms with Crippen LogP contribution in [0.3, 0.4) is 0 Å². The van der Waals surface area contributed by atoms with Crippen LogP contribution < -0.4 is 22.5 Å². The lowest BCUT2D eigenvalue weighted by molar-refractivity contribution is -0.319. The van der Waals surface area contributed by atoms with Crippen LogP contribution in [0.5, 0.6) is 0 Å². The largest absolute Gasteiger partial charge is 0.394 e. The molecule has 0 radical (unpaired) electrons. The van der Waals surface area contributed by atoms with Gasteiger partial charge in [-0.3, -0.25) is 18.2 Å². The first kappa shape index (κ1) is 41.2. The number of hydrogen-bond acceptors (Lipinski definition) is 18. The molecule has 17 N–H and O–H groups in total. The third kappa shape index (κ3) is 12.4. The van der Waals surface area contributed by atoms with E-state index in [1.165, 1.54) is 13.8 Å². The molecule has 2 heterocycles. The third-order valence-corrected chi connectivity index (χ3v) is 6.95. The molecular weight excluding hydrogens is 648 g/mol. The zero-order valence-corrected chi connectivity index (χ0v) is 25.4. The standard InChI is InChI=1S/C20H40N4O10.2H2O4S/c1-6(25)14-11(27)10(26)9(23)18(32-14)33-15-7(21)4-8(22)16(12(15)28)34-19-13(29)17(24-3)20(2,30)5-31-19;2*1-5(2,3)4/h6-19,24-30H,4-5,21-23H2,1-3H3;2*(H2,1,2,3,4)/t6?,7-,8+,9-,10-,11+,12-,13+,14-,15+,16-,17+,18-,19?,20-;;/m1../s1. The summed E-state index contributed by atoms with van der Waals surface area (Å²) in [5.74, 6) is 0. The third-order valence-electron chi connectivity index (χ3n) is 6.95. The monoisotopic (exact) mass is 692 g/mol. The molecule has 264 valence electrons. The first-order chi connectivity index (χ1) is 19.8. The molecule has 22 nitrogen and oxygen atoms in total. The number of rotatable bonds is 6. The predicted octanol–water partition coefficient (Wildman–Crippen LogP) is -6.92. The van der Waals surface area contributed by atoms with E-state index in [0.717, 1.165) is 0 Å². The second kappa shape index (κ2) is 16.3. The zero-order valence-electron chi connectivity index (χ0n) is 23.8. The number of ether oxygens (including phenoxy) is 4. The minimum absolute atomic E-state index is 0.135. The molecule has 3 aliphatic rings. The van der Waals surface area contributed by atoms with Gasteiger partial charge >= 0.3 is 20.8 Å². The van der Waals surface area contributed by atoms with Crippen molar-refractivity contribution >= 4 is 20.8 Å². The van der Waals surface area contributed by atoms with E-state index in [9.17, 15) is 30.6 Å². The van der Waals surface area contributed by atoms with Crippen LogP contribution in [-0.2, 0) is 39.7 Å². The molecule has 44 heavy (non-hydrogen) atoms. The minimum atomic E-state index is -4.67. The fourth-order valence-corrected chi connectivity index (χ4v) is 4.95. The molecule has 0 aromatic heterocycles. The summed E-state index contributed by atoms with van der Waals surface area (Å²) < 4.78 is 85.9. The van der Waals surface area contributed by atoms with Crippen LogP contribution in [0.25, 0.3) is 0 Å². The van der Waals surface area contributed by atoms with Crippen molar-refractivity contribution < 1.29 is 84.6 Å². The topological polar surface area (TPSA) is 398 Å². The number of nitrogens with one attached hydrogen (secondary N) is 1. The number of aliphatic hydroxyl groups excluding tert-OH is 5. The van der Waals surface area contributed by atoms with Crippen LogP contribution in [0, 0.1) is 0 Å². The summed E-state index contributed by atoms with van der Waals surface area (Å²) in [6, 6.07) is -3.47. The Morgan fingerprint density at radius 3 is 1.68 bits per heavy atom. The maximum atomic E-state index is 11.1. The Bertz CT molecular complexity index is 1050. The van der Waals surface area contributed by atoms with Gasteiger partial charge in [0.2, 0.25) is 0 Å². The Balaban J connectivity index is 0.000000837. The minimum Gasteiger partial charge on any atom is -0.391 e. The van der Waals surface area contributed by atoms with Crippen LogP contribution in [0.4, 0.5) is 0 Å². The van der Waals surface area contributed by atoms with E-state index < -0.39 is 112 Å². The molecule has 2 saturated heterocycles. The summed E-state index contributed by atoms with van der Waals surface area (Å²) in [5, 5.41) is 65.2. The summed E-state index contributed by atoms with van der Waals surface area (Å²) >= 11 is 0. The molecule has 2 aliphatic heterocycles. The lowest BCUT2D eigenvalue weighted by Gasteiger charge is -2.49. The molecule has 3 fully saturated rings. The van der Waals surface area contributed by atoms with E-state index >= 15 is 0 Å². The quantitative estimate of drug-likeness (QED) is 0.115. The van der Waals surface area contributed by atoms with Gasteiger partial charge in [0.05, 0.1) is 24.8 Å². The van der Waals surface area contributed by atoms with Gasteiger partial charge in [-0.25, -0.2) is 0 Å². The number of likely N-dealkylation sites (N-methyl/N-ethyl adjacent to an activating group) is 1. The van der Waals surface area contributed by atoms with Gasteiger partial charge in [-0.2, -0.15) is 16.8 Å². The van der Waals surface area contributed by atoms with Crippen molar-refractivity contribution in [3.05, 3.63) is 0 Å². The first-order valence-corrected chi connectivity index (χ1v) is 15.6. The summed E-state index contributed by atoms with van der Waals surface area (Å²) in [5.41, 5.74) is 17.0. The van der Waals surface area contributed by atoms with Crippen LogP contribution in [-0.4, -0.2) is 171 Å². The van der Waals surface area contributed by atoms with Gasteiger partial charge in [-0.05, 0) is 27.3 Å². The van der Waals surface area contributed by atoms with Gasteiger partial charge in [0, 0.05) is 12.1 Å². The highest BCUT2D eigenvalue weighted by molar-refractivity contribution is 7.80. The van der Waals surface area contributed by atoms with E-state index in [0.29, 0.717) is 0 Å². The first-order valence-electron chi connectivity index (χ1n) is 12.8. The number of aliphatic hydroxyl groups is 6. The van der Waals surface area contributed by atoms with Gasteiger partial charge in [0.25, 0.3) is 0 Å². The molecule has 0 aromatic rings. The molecule has 15 atom stereocenters. The number of nitrogens with two attached hydrogens (primary N) is 3. The van der Waals surface area contributed by atoms with Crippen LogP contribution >= 0.6 is 0 Å². The molecule has 0 amide bonds. The second-order valence-electron chi connectivity index (χ2n) is 10.7. The van der Waals surface area contributed by atoms with Crippen LogP contribution in [0.15, 0.2) is 0 Å². The Kier molecular flexibility index (Phi) is 15.3. The van der Waals surface area contributed by atoms with Crippen molar-refractivity contribution in [1.82, 2.24) is 5.32 Å². The molecule has 1 aliphatic carbocycles. The Morgan fingerprint density at radius 2 is 1.27 bits per heavy atom. The van der Waals surface area contributed by atoms with Crippen molar-refractivity contribution in [2.75, 3.05) is 13.7 Å². The average Bonchev–Trinajstić information content (AvgIpc) is 2.83. The fraction of sp³-hybridized carbons (Fsp3) is 1.00. The molecule has 0 bridgehead atoms. The predicted molar refractivity (Wildman–Crippen MR) is 144 cm³/mol. The normalized spacial score (nSPS) is 44.0. The van der Waals surface area contributed by atoms with Crippen molar-refractivity contribution in [3.8, 4) is 0 Å². The Morgan fingerprint density at radius 1 is 0.841 bits per heavy atom. The molecule has 2 unspecified atom stereocenters. The van der Waals surface area contributed by atoms with Crippen LogP contribution in [0.2, 0.25) is 0 Å². The summed E-state index contributed by atoms with van der Waals surface area (Å²) in [7, 11) is -7.76. The SMILES string of the molecule is CN[C@H]1[C@H](O)C(O[C@H]2[C@H](O)[C@@H](O[C@H]3O[C@H](C(C)O)[C@@H](O)[C@H](O)[C@H]3N)[C@H](N)C[C@@H]2N)OC[C@@]1(C)O.O=S(=O)(O)O.O=S(=O)(O)O. The Labute approximate surface area is 253 Å². The molecular formula is C20H44N4O18S2. The van der Waals surface area contributed by atoms with Gasteiger partial charge in [-0.15, -0.1) is 0 Å².